The summed E-state index contributed by atoms with van der Waals surface area (Å²) in [5, 5.41) is 0. The Morgan fingerprint density at radius 1 is 1.35 bits per heavy atom. The fourth-order valence-corrected chi connectivity index (χ4v) is 2.98. The van der Waals surface area contributed by atoms with E-state index in [1.807, 2.05) is 0 Å². The van der Waals surface area contributed by atoms with Crippen LogP contribution in [0.4, 0.5) is 4.39 Å². The van der Waals surface area contributed by atoms with Gasteiger partial charge in [0.1, 0.15) is 5.82 Å². The van der Waals surface area contributed by atoms with Crippen molar-refractivity contribution < 1.29 is 17.5 Å². The molecule has 2 rings (SSSR count). The van der Waals surface area contributed by atoms with E-state index in [0.29, 0.717) is 12.2 Å². The third kappa shape index (κ3) is 3.54. The maximum atomic E-state index is 13.0. The summed E-state index contributed by atoms with van der Waals surface area (Å²) in [4.78, 5) is 0. The topological polar surface area (TPSA) is 58.6 Å². The van der Waals surface area contributed by atoms with Crippen molar-refractivity contribution in [2.75, 3.05) is 20.7 Å². The van der Waals surface area contributed by atoms with Crippen LogP contribution in [-0.2, 0) is 14.9 Å². The van der Waals surface area contributed by atoms with Gasteiger partial charge in [-0.25, -0.2) is 4.39 Å². The van der Waals surface area contributed by atoms with Crippen LogP contribution >= 0.6 is 0 Å². The van der Waals surface area contributed by atoms with Gasteiger partial charge in [-0.3, -0.25) is 0 Å². The summed E-state index contributed by atoms with van der Waals surface area (Å²) in [5.41, 5.74) is 0.698. The molecule has 1 aromatic carbocycles. The van der Waals surface area contributed by atoms with Gasteiger partial charge in [0.25, 0.3) is 10.2 Å². The van der Waals surface area contributed by atoms with Gasteiger partial charge in [0.05, 0.1) is 12.1 Å². The molecule has 7 heteroatoms. The zero-order chi connectivity index (χ0) is 14.8. The minimum atomic E-state index is -3.58. The van der Waals surface area contributed by atoms with Gasteiger partial charge in [0, 0.05) is 20.7 Å². The van der Waals surface area contributed by atoms with Gasteiger partial charge in [-0.1, -0.05) is 12.1 Å². The normalized spacial score (nSPS) is 21.3. The molecule has 0 amide bonds. The largest absolute Gasteiger partial charge is 0.376 e. The molecule has 0 aromatic heterocycles. The quantitative estimate of drug-likeness (QED) is 0.895. The summed E-state index contributed by atoms with van der Waals surface area (Å²) in [6, 6.07) is 5.30. The number of hydrogen-bond donors (Lipinski definition) is 1. The zero-order valence-corrected chi connectivity index (χ0v) is 12.4. The molecule has 0 saturated carbocycles. The average Bonchev–Trinajstić information content (AvgIpc) is 2.90. The number of nitrogens with one attached hydrogen (secondary N) is 1. The molecule has 1 N–H and O–H groups in total. The van der Waals surface area contributed by atoms with E-state index in [2.05, 4.69) is 4.72 Å². The fourth-order valence-electron chi connectivity index (χ4n) is 2.16. The van der Waals surface area contributed by atoms with Crippen LogP contribution in [0.3, 0.4) is 0 Å². The molecule has 0 radical (unpaired) electrons. The summed E-state index contributed by atoms with van der Waals surface area (Å²) < 4.78 is 46.4. The summed E-state index contributed by atoms with van der Waals surface area (Å²) in [6.07, 6.45) is 1.44. The molecule has 1 aliphatic heterocycles. The lowest BCUT2D eigenvalue weighted by atomic mass is 10.0. The second kappa shape index (κ2) is 6.17. The third-order valence-electron chi connectivity index (χ3n) is 3.32. The zero-order valence-electron chi connectivity index (χ0n) is 11.5. The minimum absolute atomic E-state index is 0.227. The molecule has 1 fully saturated rings. The van der Waals surface area contributed by atoms with Gasteiger partial charge in [-0.2, -0.15) is 17.4 Å². The van der Waals surface area contributed by atoms with Crippen molar-refractivity contribution in [3.05, 3.63) is 35.6 Å². The summed E-state index contributed by atoms with van der Waals surface area (Å²) in [7, 11) is -0.668. The first kappa shape index (κ1) is 15.4. The van der Waals surface area contributed by atoms with Gasteiger partial charge in [0.15, 0.2) is 0 Å². The summed E-state index contributed by atoms with van der Waals surface area (Å²) in [5.74, 6) is -0.352. The molecular weight excluding hydrogens is 283 g/mol. The Morgan fingerprint density at radius 2 is 2.00 bits per heavy atom. The van der Waals surface area contributed by atoms with Crippen molar-refractivity contribution in [3.8, 4) is 0 Å². The molecule has 2 unspecified atom stereocenters. The second-order valence-electron chi connectivity index (χ2n) is 4.99. The first-order valence-corrected chi connectivity index (χ1v) is 7.91. The Labute approximate surface area is 118 Å². The molecule has 5 nitrogen and oxygen atoms in total. The van der Waals surface area contributed by atoms with Gasteiger partial charge < -0.3 is 4.74 Å². The monoisotopic (exact) mass is 302 g/mol. The Bertz CT molecular complexity index is 539. The van der Waals surface area contributed by atoms with E-state index in [1.54, 1.807) is 12.1 Å². The smallest absolute Gasteiger partial charge is 0.279 e. The number of ether oxygens (including phenoxy) is 1. The van der Waals surface area contributed by atoms with Gasteiger partial charge in [-0.15, -0.1) is 0 Å². The van der Waals surface area contributed by atoms with Crippen molar-refractivity contribution >= 4 is 10.2 Å². The van der Waals surface area contributed by atoms with Gasteiger partial charge >= 0.3 is 0 Å². The number of benzene rings is 1. The van der Waals surface area contributed by atoms with Crippen molar-refractivity contribution in [2.24, 2.45) is 0 Å². The van der Waals surface area contributed by atoms with E-state index in [0.717, 1.165) is 17.1 Å². The maximum Gasteiger partial charge on any atom is 0.279 e. The first-order valence-electron chi connectivity index (χ1n) is 6.47. The molecule has 2 atom stereocenters. The van der Waals surface area contributed by atoms with Gasteiger partial charge in [0.2, 0.25) is 0 Å². The Balaban J connectivity index is 2.27. The summed E-state index contributed by atoms with van der Waals surface area (Å²) >= 11 is 0. The highest BCUT2D eigenvalue weighted by atomic mass is 32.2. The Hall–Kier alpha value is -1.02. The van der Waals surface area contributed by atoms with E-state index >= 15 is 0 Å². The standard InChI is InChI=1S/C13H19FN2O3S/c1-16(2)20(17,18)15-13(12-4-3-9-19-12)10-5-7-11(14)8-6-10/h5-8,12-13,15H,3-4,9H2,1-2H3. The molecule has 0 bridgehead atoms. The average molecular weight is 302 g/mol. The minimum Gasteiger partial charge on any atom is -0.376 e. The predicted octanol–water partition coefficient (Wildman–Crippen LogP) is 1.44. The summed E-state index contributed by atoms with van der Waals surface area (Å²) in [6.45, 7) is 0.617. The highest BCUT2D eigenvalue weighted by molar-refractivity contribution is 7.87. The van der Waals surface area contributed by atoms with Crippen LogP contribution in [0.25, 0.3) is 0 Å². The van der Waals surface area contributed by atoms with Crippen molar-refractivity contribution in [1.29, 1.82) is 0 Å². The molecule has 1 aromatic rings. The highest BCUT2D eigenvalue weighted by Crippen LogP contribution is 2.28. The molecule has 1 aliphatic rings. The number of halogens is 1. The van der Waals surface area contributed by atoms with E-state index in [9.17, 15) is 12.8 Å². The van der Waals surface area contributed by atoms with Crippen LogP contribution in [0.2, 0.25) is 0 Å². The van der Waals surface area contributed by atoms with Crippen molar-refractivity contribution in [1.82, 2.24) is 9.03 Å². The molecule has 1 saturated heterocycles. The van der Waals surface area contributed by atoms with Crippen LogP contribution in [-0.4, -0.2) is 39.5 Å². The number of rotatable bonds is 5. The lowest BCUT2D eigenvalue weighted by Gasteiger charge is -2.26. The number of hydrogen-bond acceptors (Lipinski definition) is 3. The molecule has 1 heterocycles. The van der Waals surface area contributed by atoms with Crippen LogP contribution < -0.4 is 4.72 Å². The lowest BCUT2D eigenvalue weighted by molar-refractivity contribution is 0.0847. The molecular formula is C13H19FN2O3S. The van der Waals surface area contributed by atoms with E-state index < -0.39 is 16.3 Å². The Kier molecular flexibility index (Phi) is 4.74. The molecule has 112 valence electrons. The van der Waals surface area contributed by atoms with Crippen LogP contribution in [0.15, 0.2) is 24.3 Å². The molecule has 0 aliphatic carbocycles. The highest BCUT2D eigenvalue weighted by Gasteiger charge is 2.31. The first-order chi connectivity index (χ1) is 9.40. The molecule has 0 spiro atoms. The predicted molar refractivity (Wildman–Crippen MR) is 73.9 cm³/mol. The lowest BCUT2D eigenvalue weighted by Crippen LogP contribution is -2.42. The van der Waals surface area contributed by atoms with Gasteiger partial charge in [-0.05, 0) is 30.5 Å². The van der Waals surface area contributed by atoms with Crippen molar-refractivity contribution in [3.63, 3.8) is 0 Å². The van der Waals surface area contributed by atoms with E-state index in [-0.39, 0.29) is 11.9 Å². The van der Waals surface area contributed by atoms with E-state index in [1.165, 1.54) is 26.2 Å². The third-order valence-corrected chi connectivity index (χ3v) is 4.84. The fraction of sp³-hybridized carbons (Fsp3) is 0.538. The number of nitrogens with zero attached hydrogens (tertiary/aromatic N) is 1. The second-order valence-corrected chi connectivity index (χ2v) is 6.90. The van der Waals surface area contributed by atoms with E-state index in [4.69, 9.17) is 4.74 Å². The Morgan fingerprint density at radius 3 is 2.50 bits per heavy atom. The van der Waals surface area contributed by atoms with Crippen LogP contribution in [0.5, 0.6) is 0 Å². The maximum absolute atomic E-state index is 13.0. The van der Waals surface area contributed by atoms with Crippen LogP contribution in [0.1, 0.15) is 24.4 Å². The van der Waals surface area contributed by atoms with Crippen molar-refractivity contribution in [2.45, 2.75) is 25.0 Å². The molecule has 20 heavy (non-hydrogen) atoms. The SMILES string of the molecule is CN(C)S(=O)(=O)NC(c1ccc(F)cc1)C1CCCO1. The van der Waals surface area contributed by atoms with Crippen LogP contribution in [0, 0.1) is 5.82 Å².